The van der Waals surface area contributed by atoms with E-state index in [2.05, 4.69) is 34.6 Å². The minimum absolute atomic E-state index is 0.107. The van der Waals surface area contributed by atoms with Crippen molar-refractivity contribution in [3.8, 4) is 0 Å². The third-order valence-electron chi connectivity index (χ3n) is 19.0. The highest BCUT2D eigenvalue weighted by atomic mass is 31.2. The molecule has 0 aromatic rings. The first-order chi connectivity index (χ1) is 48.5. The summed E-state index contributed by atoms with van der Waals surface area (Å²) >= 11 is 0. The van der Waals surface area contributed by atoms with E-state index in [0.29, 0.717) is 25.7 Å². The van der Waals surface area contributed by atoms with E-state index in [0.717, 1.165) is 95.8 Å². The van der Waals surface area contributed by atoms with Gasteiger partial charge in [0.1, 0.15) is 19.3 Å². The number of carbonyl (C=O) groups is 4. The van der Waals surface area contributed by atoms with Gasteiger partial charge in [0.2, 0.25) is 0 Å². The van der Waals surface area contributed by atoms with E-state index in [-0.39, 0.29) is 25.7 Å². The predicted molar refractivity (Wildman–Crippen MR) is 409 cm³/mol. The summed E-state index contributed by atoms with van der Waals surface area (Å²) in [6.45, 7) is 7.32. The van der Waals surface area contributed by atoms with E-state index >= 15 is 0 Å². The zero-order chi connectivity index (χ0) is 73.4. The van der Waals surface area contributed by atoms with Crippen LogP contribution in [0, 0.1) is 5.92 Å². The summed E-state index contributed by atoms with van der Waals surface area (Å²) in [7, 11) is -9.92. The average Bonchev–Trinajstić information content (AvgIpc) is 0.964. The van der Waals surface area contributed by atoms with Crippen LogP contribution in [0.5, 0.6) is 0 Å². The van der Waals surface area contributed by atoms with Gasteiger partial charge in [0.15, 0.2) is 12.2 Å². The molecule has 0 radical (unpaired) electrons. The Morgan fingerprint density at radius 2 is 0.460 bits per heavy atom. The van der Waals surface area contributed by atoms with Crippen LogP contribution in [-0.2, 0) is 65.4 Å². The number of phosphoric ester groups is 2. The van der Waals surface area contributed by atoms with Crippen LogP contribution >= 0.6 is 15.6 Å². The number of ether oxygens (including phenoxy) is 4. The molecular formula is C81H158O17P2. The smallest absolute Gasteiger partial charge is 0.462 e. The fourth-order valence-electron chi connectivity index (χ4n) is 12.6. The highest BCUT2D eigenvalue weighted by Crippen LogP contribution is 2.45. The maximum absolute atomic E-state index is 13.1. The molecule has 0 spiro atoms. The Bertz CT molecular complexity index is 1910. The van der Waals surface area contributed by atoms with E-state index in [1.54, 1.807) is 0 Å². The van der Waals surface area contributed by atoms with Crippen molar-refractivity contribution in [1.82, 2.24) is 0 Å². The van der Waals surface area contributed by atoms with Gasteiger partial charge in [-0.2, -0.15) is 0 Å². The van der Waals surface area contributed by atoms with Crippen LogP contribution in [0.2, 0.25) is 0 Å². The minimum Gasteiger partial charge on any atom is -0.462 e. The number of aliphatic hydroxyl groups is 1. The number of rotatable bonds is 81. The summed E-state index contributed by atoms with van der Waals surface area (Å²) in [5.74, 6) is -1.35. The minimum atomic E-state index is -4.96. The van der Waals surface area contributed by atoms with Crippen LogP contribution in [0.4, 0.5) is 0 Å². The summed E-state index contributed by atoms with van der Waals surface area (Å²) < 4.78 is 68.7. The van der Waals surface area contributed by atoms with Gasteiger partial charge >= 0.3 is 39.5 Å². The molecule has 0 amide bonds. The summed E-state index contributed by atoms with van der Waals surface area (Å²) in [6, 6.07) is 0. The molecule has 19 heteroatoms. The Balaban J connectivity index is 5.22. The first kappa shape index (κ1) is 98.1. The van der Waals surface area contributed by atoms with Crippen molar-refractivity contribution >= 4 is 39.5 Å². The Morgan fingerprint density at radius 1 is 0.270 bits per heavy atom. The lowest BCUT2D eigenvalue weighted by Gasteiger charge is -2.21. The van der Waals surface area contributed by atoms with Gasteiger partial charge in [-0.25, -0.2) is 9.13 Å². The van der Waals surface area contributed by atoms with Gasteiger partial charge < -0.3 is 33.8 Å². The van der Waals surface area contributed by atoms with Crippen molar-refractivity contribution in [2.24, 2.45) is 5.92 Å². The molecule has 100 heavy (non-hydrogen) atoms. The molecule has 0 aromatic heterocycles. The zero-order valence-corrected chi connectivity index (χ0v) is 67.1. The SMILES string of the molecule is CCCCCCCCCCCCCCCCCCCCCCCC(=O)O[C@H](COC(=O)CCCCCCCCCCCCCCCCC)COP(=O)(O)OC[C@@H](O)COP(=O)(O)OC[C@@H](COC(=O)CCCCCCCCCCCCC)OC(=O)CCCCCCCCCCCCC(C)C. The highest BCUT2D eigenvalue weighted by Gasteiger charge is 2.30. The Morgan fingerprint density at radius 3 is 0.680 bits per heavy atom. The van der Waals surface area contributed by atoms with Crippen molar-refractivity contribution in [2.45, 2.75) is 451 Å². The van der Waals surface area contributed by atoms with E-state index in [4.69, 9.17) is 37.0 Å². The largest absolute Gasteiger partial charge is 0.472 e. The second-order valence-corrected chi connectivity index (χ2v) is 32.5. The van der Waals surface area contributed by atoms with Crippen LogP contribution in [0.3, 0.4) is 0 Å². The quantitative estimate of drug-likeness (QED) is 0.0222. The molecule has 2 unspecified atom stereocenters. The molecule has 0 aliphatic carbocycles. The van der Waals surface area contributed by atoms with Gasteiger partial charge in [0, 0.05) is 25.7 Å². The molecule has 0 fully saturated rings. The molecule has 0 bridgehead atoms. The second-order valence-electron chi connectivity index (χ2n) is 29.6. The molecule has 0 heterocycles. The lowest BCUT2D eigenvalue weighted by molar-refractivity contribution is -0.161. The Hall–Kier alpha value is -1.94. The molecule has 3 N–H and O–H groups in total. The molecule has 594 valence electrons. The van der Waals surface area contributed by atoms with Crippen molar-refractivity contribution in [3.05, 3.63) is 0 Å². The molecule has 0 aliphatic rings. The van der Waals surface area contributed by atoms with Crippen LogP contribution in [-0.4, -0.2) is 96.7 Å². The molecule has 0 saturated heterocycles. The van der Waals surface area contributed by atoms with E-state index < -0.39 is 97.5 Å². The zero-order valence-electron chi connectivity index (χ0n) is 65.3. The molecule has 0 aromatic carbocycles. The lowest BCUT2D eigenvalue weighted by Crippen LogP contribution is -2.30. The summed E-state index contributed by atoms with van der Waals surface area (Å²) in [5.41, 5.74) is 0. The van der Waals surface area contributed by atoms with Crippen molar-refractivity contribution in [2.75, 3.05) is 39.6 Å². The van der Waals surface area contributed by atoms with Gasteiger partial charge in [-0.3, -0.25) is 37.3 Å². The normalized spacial score (nSPS) is 13.8. The Labute approximate surface area is 613 Å². The van der Waals surface area contributed by atoms with Crippen LogP contribution < -0.4 is 0 Å². The van der Waals surface area contributed by atoms with Crippen LogP contribution in [0.1, 0.15) is 433 Å². The third-order valence-corrected chi connectivity index (χ3v) is 20.9. The van der Waals surface area contributed by atoms with Crippen molar-refractivity contribution in [1.29, 1.82) is 0 Å². The van der Waals surface area contributed by atoms with Crippen LogP contribution in [0.15, 0.2) is 0 Å². The monoisotopic (exact) mass is 1470 g/mol. The van der Waals surface area contributed by atoms with E-state index in [1.807, 2.05) is 0 Å². The molecule has 0 aliphatic heterocycles. The van der Waals surface area contributed by atoms with E-state index in [9.17, 15) is 43.2 Å². The fourth-order valence-corrected chi connectivity index (χ4v) is 14.2. The Kier molecular flexibility index (Phi) is 72.5. The summed E-state index contributed by atoms with van der Waals surface area (Å²) in [6.07, 6.45) is 65.2. The summed E-state index contributed by atoms with van der Waals surface area (Å²) in [5, 5.41) is 10.6. The number of carbonyl (C=O) groups excluding carboxylic acids is 4. The number of esters is 4. The van der Waals surface area contributed by atoms with Gasteiger partial charge in [0.05, 0.1) is 26.4 Å². The summed E-state index contributed by atoms with van der Waals surface area (Å²) in [4.78, 5) is 73.0. The number of hydrogen-bond donors (Lipinski definition) is 3. The van der Waals surface area contributed by atoms with Crippen LogP contribution in [0.25, 0.3) is 0 Å². The first-order valence-electron chi connectivity index (χ1n) is 42.1. The van der Waals surface area contributed by atoms with Gasteiger partial charge in [-0.1, -0.05) is 381 Å². The molecule has 17 nitrogen and oxygen atoms in total. The topological polar surface area (TPSA) is 237 Å². The maximum atomic E-state index is 13.1. The highest BCUT2D eigenvalue weighted by molar-refractivity contribution is 7.47. The maximum Gasteiger partial charge on any atom is 0.472 e. The second kappa shape index (κ2) is 73.9. The fraction of sp³-hybridized carbons (Fsp3) is 0.951. The molecular weight excluding hydrogens is 1310 g/mol. The third kappa shape index (κ3) is 74.3. The molecule has 5 atom stereocenters. The van der Waals surface area contributed by atoms with Gasteiger partial charge in [0.25, 0.3) is 0 Å². The number of unbranched alkanes of at least 4 members (excludes halogenated alkanes) is 53. The first-order valence-corrected chi connectivity index (χ1v) is 45.1. The molecule has 0 saturated carbocycles. The lowest BCUT2D eigenvalue weighted by atomic mass is 10.0. The molecule has 0 rings (SSSR count). The predicted octanol–water partition coefficient (Wildman–Crippen LogP) is 24.4. The van der Waals surface area contributed by atoms with E-state index in [1.165, 1.54) is 257 Å². The van der Waals surface area contributed by atoms with Gasteiger partial charge in [-0.15, -0.1) is 0 Å². The van der Waals surface area contributed by atoms with Crippen molar-refractivity contribution in [3.63, 3.8) is 0 Å². The van der Waals surface area contributed by atoms with Crippen molar-refractivity contribution < 1.29 is 80.2 Å². The van der Waals surface area contributed by atoms with Gasteiger partial charge in [-0.05, 0) is 31.6 Å². The number of hydrogen-bond acceptors (Lipinski definition) is 15. The number of phosphoric acid groups is 2. The average molecular weight is 1470 g/mol. The standard InChI is InChI=1S/C81H158O17P2/c1-6-9-12-15-18-21-24-26-28-29-30-31-32-33-35-37-40-46-51-56-61-66-80(85)97-76(71-92-79(84)65-60-55-50-45-39-36-34-27-25-22-19-16-13-10-7-2)72-95-99(87,88)93-68-75(82)69-94-100(89,90)96-73-77(70-91-78(83)64-59-54-49-44-38-23-20-17-14-11-8-3)98-81(86)67-62-57-52-47-42-41-43-48-53-58-63-74(4)5/h74-77,82H,6-73H2,1-5H3,(H,87,88)(H,89,90)/t75-,76-,77-/m1/s1. The number of aliphatic hydroxyl groups excluding tert-OH is 1.